The number of alkyl halides is 2. The number of pyridine rings is 1. The van der Waals surface area contributed by atoms with Gasteiger partial charge in [-0.3, -0.25) is 4.79 Å². The van der Waals surface area contributed by atoms with E-state index in [1.807, 2.05) is 0 Å². The van der Waals surface area contributed by atoms with Gasteiger partial charge < -0.3 is 15.1 Å². The number of aromatic nitrogens is 3. The monoisotopic (exact) mass is 476 g/mol. The number of anilines is 3. The molecule has 1 N–H and O–H groups in total. The lowest BCUT2D eigenvalue weighted by Crippen LogP contribution is -2.40. The third kappa shape index (κ3) is 4.88. The first-order chi connectivity index (χ1) is 15.7. The van der Waals surface area contributed by atoms with Gasteiger partial charge in [-0.1, -0.05) is 11.6 Å². The third-order valence-corrected chi connectivity index (χ3v) is 7.28. The van der Waals surface area contributed by atoms with Crippen molar-refractivity contribution in [3.05, 3.63) is 34.7 Å². The molecule has 10 heteroatoms. The predicted octanol–water partition coefficient (Wildman–Crippen LogP) is 4.70. The van der Waals surface area contributed by atoms with E-state index < -0.39 is 5.92 Å². The van der Waals surface area contributed by atoms with Gasteiger partial charge in [0, 0.05) is 57.0 Å². The molecule has 2 aliphatic heterocycles. The van der Waals surface area contributed by atoms with Gasteiger partial charge in [0.15, 0.2) is 0 Å². The number of carbonyl (C=O) groups is 1. The van der Waals surface area contributed by atoms with Crippen LogP contribution in [0.1, 0.15) is 54.6 Å². The zero-order chi connectivity index (χ0) is 23.2. The maximum absolute atomic E-state index is 13.5. The lowest BCUT2D eigenvalue weighted by Gasteiger charge is -2.34. The van der Waals surface area contributed by atoms with Gasteiger partial charge in [-0.2, -0.15) is 4.98 Å². The minimum absolute atomic E-state index is 0.172. The van der Waals surface area contributed by atoms with Crippen LogP contribution in [0.25, 0.3) is 0 Å². The van der Waals surface area contributed by atoms with Gasteiger partial charge in [0.1, 0.15) is 11.0 Å². The minimum atomic E-state index is -2.65. The zero-order valence-electron chi connectivity index (χ0n) is 18.6. The molecule has 0 unspecified atom stereocenters. The normalized spacial score (nSPS) is 21.2. The average molecular weight is 477 g/mol. The van der Waals surface area contributed by atoms with Crippen molar-refractivity contribution in [1.82, 2.24) is 15.0 Å². The molecule has 2 saturated heterocycles. The average Bonchev–Trinajstić information content (AvgIpc) is 3.52. The van der Waals surface area contributed by atoms with Gasteiger partial charge in [-0.05, 0) is 44.1 Å². The number of nitrogens with zero attached hydrogens (tertiary/aromatic N) is 5. The molecular formula is C23H27ClF2N6O. The zero-order valence-corrected chi connectivity index (χ0v) is 19.3. The Hall–Kier alpha value is -2.55. The molecule has 1 spiro atoms. The molecule has 3 fully saturated rings. The Morgan fingerprint density at radius 1 is 1.00 bits per heavy atom. The summed E-state index contributed by atoms with van der Waals surface area (Å²) in [5.41, 5.74) is 2.37. The molecule has 7 nitrogen and oxygen atoms in total. The smallest absolute Gasteiger partial charge is 0.260 e. The van der Waals surface area contributed by atoms with Crippen molar-refractivity contribution in [1.29, 1.82) is 0 Å². The molecule has 4 heterocycles. The molecule has 176 valence electrons. The molecule has 1 saturated carbocycles. The summed E-state index contributed by atoms with van der Waals surface area (Å²) in [4.78, 5) is 30.1. The SMILES string of the molecule is Cc1cc(NC(=O)c2cnc(Cl)cc2N2CCC3(CC2)CC3)nc(N2CCC(F)(F)CC2)n1. The maximum atomic E-state index is 13.5. The summed E-state index contributed by atoms with van der Waals surface area (Å²) in [6.45, 7) is 3.90. The van der Waals surface area contributed by atoms with Crippen molar-refractivity contribution in [2.24, 2.45) is 5.41 Å². The standard InChI is InChI=1S/C23H27ClF2N6O/c1-15-12-19(30-21(28-15)32-10-6-23(25,26)7-11-32)29-20(33)16-14-27-18(24)13-17(16)31-8-4-22(2-3-22)5-9-31/h12-14H,2-11H2,1H3,(H,28,29,30,33). The summed E-state index contributed by atoms with van der Waals surface area (Å²) in [6.07, 6.45) is 5.88. The maximum Gasteiger partial charge on any atom is 0.260 e. The number of rotatable bonds is 4. The number of amides is 1. The van der Waals surface area contributed by atoms with Crippen molar-refractivity contribution >= 4 is 35.0 Å². The quantitative estimate of drug-likeness (QED) is 0.645. The highest BCUT2D eigenvalue weighted by Gasteiger charge is 2.44. The van der Waals surface area contributed by atoms with E-state index in [1.165, 1.54) is 19.0 Å². The fraction of sp³-hybridized carbons (Fsp3) is 0.565. The molecule has 3 aliphatic rings. The lowest BCUT2D eigenvalue weighted by atomic mass is 9.93. The highest BCUT2D eigenvalue weighted by molar-refractivity contribution is 6.29. The Kier molecular flexibility index (Phi) is 5.63. The van der Waals surface area contributed by atoms with E-state index in [4.69, 9.17) is 11.6 Å². The van der Waals surface area contributed by atoms with Crippen LogP contribution in [0.15, 0.2) is 18.3 Å². The number of aryl methyl sites for hydroxylation is 1. The van der Waals surface area contributed by atoms with E-state index in [-0.39, 0.29) is 31.8 Å². The van der Waals surface area contributed by atoms with E-state index >= 15 is 0 Å². The lowest BCUT2D eigenvalue weighted by molar-refractivity contribution is -0.0222. The first kappa shape index (κ1) is 22.3. The summed E-state index contributed by atoms with van der Waals surface area (Å²) in [7, 11) is 0. The van der Waals surface area contributed by atoms with Crippen molar-refractivity contribution in [2.45, 2.75) is 51.4 Å². The molecule has 0 aromatic carbocycles. The van der Waals surface area contributed by atoms with Crippen LogP contribution < -0.4 is 15.1 Å². The molecule has 1 amide bonds. The van der Waals surface area contributed by atoms with E-state index in [9.17, 15) is 13.6 Å². The van der Waals surface area contributed by atoms with Crippen LogP contribution in [0.4, 0.5) is 26.2 Å². The first-order valence-electron chi connectivity index (χ1n) is 11.4. The van der Waals surface area contributed by atoms with Crippen LogP contribution in [0, 0.1) is 12.3 Å². The fourth-order valence-electron chi connectivity index (χ4n) is 4.73. The van der Waals surface area contributed by atoms with E-state index in [0.29, 0.717) is 33.6 Å². The van der Waals surface area contributed by atoms with Crippen LogP contribution in [0.2, 0.25) is 5.15 Å². The molecule has 2 aromatic rings. The summed E-state index contributed by atoms with van der Waals surface area (Å²) < 4.78 is 27.1. The summed E-state index contributed by atoms with van der Waals surface area (Å²) >= 11 is 6.17. The molecular weight excluding hydrogens is 450 g/mol. The van der Waals surface area contributed by atoms with Crippen molar-refractivity contribution < 1.29 is 13.6 Å². The predicted molar refractivity (Wildman–Crippen MR) is 123 cm³/mol. The van der Waals surface area contributed by atoms with Crippen LogP contribution >= 0.6 is 11.6 Å². The van der Waals surface area contributed by atoms with Crippen LogP contribution in [-0.4, -0.2) is 53.0 Å². The minimum Gasteiger partial charge on any atom is -0.371 e. The fourth-order valence-corrected chi connectivity index (χ4v) is 4.88. The first-order valence-corrected chi connectivity index (χ1v) is 11.8. The van der Waals surface area contributed by atoms with Crippen molar-refractivity contribution in [2.75, 3.05) is 41.3 Å². The van der Waals surface area contributed by atoms with Gasteiger partial charge in [0.25, 0.3) is 11.8 Å². The molecule has 1 aliphatic carbocycles. The number of halogens is 3. The van der Waals surface area contributed by atoms with E-state index in [2.05, 4.69) is 25.2 Å². The van der Waals surface area contributed by atoms with Gasteiger partial charge in [0.2, 0.25) is 5.95 Å². The van der Waals surface area contributed by atoms with Crippen LogP contribution in [0.5, 0.6) is 0 Å². The van der Waals surface area contributed by atoms with Crippen LogP contribution in [-0.2, 0) is 0 Å². The van der Waals surface area contributed by atoms with E-state index in [1.54, 1.807) is 24.0 Å². The number of nitrogens with one attached hydrogen (secondary N) is 1. The van der Waals surface area contributed by atoms with Gasteiger partial charge in [-0.25, -0.2) is 18.7 Å². The van der Waals surface area contributed by atoms with Gasteiger partial charge in [-0.15, -0.1) is 0 Å². The largest absolute Gasteiger partial charge is 0.371 e. The summed E-state index contributed by atoms with van der Waals surface area (Å²) in [6, 6.07) is 3.41. The number of hydrogen-bond donors (Lipinski definition) is 1. The van der Waals surface area contributed by atoms with Gasteiger partial charge >= 0.3 is 0 Å². The Balaban J connectivity index is 1.34. The molecule has 0 bridgehead atoms. The highest BCUT2D eigenvalue weighted by Crippen LogP contribution is 2.54. The van der Waals surface area contributed by atoms with E-state index in [0.717, 1.165) is 31.6 Å². The second kappa shape index (κ2) is 8.34. The van der Waals surface area contributed by atoms with Crippen molar-refractivity contribution in [3.63, 3.8) is 0 Å². The Labute approximate surface area is 196 Å². The molecule has 33 heavy (non-hydrogen) atoms. The number of carbonyl (C=O) groups excluding carboxylic acids is 1. The second-order valence-electron chi connectivity index (χ2n) is 9.50. The molecule has 0 radical (unpaired) electrons. The summed E-state index contributed by atoms with van der Waals surface area (Å²) in [5.74, 6) is -2.31. The Morgan fingerprint density at radius 3 is 2.33 bits per heavy atom. The number of piperidine rings is 2. The molecule has 2 aromatic heterocycles. The molecule has 5 rings (SSSR count). The highest BCUT2D eigenvalue weighted by atomic mass is 35.5. The third-order valence-electron chi connectivity index (χ3n) is 7.08. The topological polar surface area (TPSA) is 74.2 Å². The summed E-state index contributed by atoms with van der Waals surface area (Å²) in [5, 5.41) is 3.19. The van der Waals surface area contributed by atoms with Gasteiger partial charge in [0.05, 0.1) is 11.3 Å². The molecule has 0 atom stereocenters. The second-order valence-corrected chi connectivity index (χ2v) is 9.89. The van der Waals surface area contributed by atoms with Crippen LogP contribution in [0.3, 0.4) is 0 Å². The Bertz CT molecular complexity index is 1060. The Morgan fingerprint density at radius 2 is 1.67 bits per heavy atom. The number of hydrogen-bond acceptors (Lipinski definition) is 6. The van der Waals surface area contributed by atoms with Crippen molar-refractivity contribution in [3.8, 4) is 0 Å².